The second-order valence-electron chi connectivity index (χ2n) is 7.32. The molecule has 1 aromatic rings. The average molecular weight is 293 g/mol. The van der Waals surface area contributed by atoms with E-state index < -0.39 is 0 Å². The lowest BCUT2D eigenvalue weighted by molar-refractivity contribution is 0.0959. The summed E-state index contributed by atoms with van der Waals surface area (Å²) in [6.45, 7) is 10.2. The molecule has 0 unspecified atom stereocenters. The Morgan fingerprint density at radius 3 is 2.38 bits per heavy atom. The molecule has 5 heteroatoms. The Labute approximate surface area is 129 Å². The molecule has 0 atom stereocenters. The molecule has 1 aliphatic rings. The van der Waals surface area contributed by atoms with Crippen molar-refractivity contribution in [3.8, 4) is 0 Å². The van der Waals surface area contributed by atoms with Crippen LogP contribution in [0.3, 0.4) is 0 Å². The Hall–Kier alpha value is -1.07. The highest BCUT2D eigenvalue weighted by Crippen LogP contribution is 2.20. The third-order valence-electron chi connectivity index (χ3n) is 4.48. The maximum Gasteiger partial charge on any atom is 0.204 e. The predicted octanol–water partition coefficient (Wildman–Crippen LogP) is 1.84. The molecule has 21 heavy (non-hydrogen) atoms. The molecule has 0 spiro atoms. The average Bonchev–Trinajstić information content (AvgIpc) is 2.77. The Bertz CT molecular complexity index is 450. The van der Waals surface area contributed by atoms with Crippen LogP contribution in [-0.2, 0) is 13.6 Å². The Morgan fingerprint density at radius 1 is 1.29 bits per heavy atom. The molecule has 5 nitrogen and oxygen atoms in total. The zero-order chi connectivity index (χ0) is 15.6. The van der Waals surface area contributed by atoms with Crippen LogP contribution >= 0.6 is 0 Å². The van der Waals surface area contributed by atoms with Gasteiger partial charge >= 0.3 is 0 Å². The van der Waals surface area contributed by atoms with E-state index in [1.807, 2.05) is 25.2 Å². The molecule has 0 aliphatic carbocycles. The largest absolute Gasteiger partial charge is 0.348 e. The van der Waals surface area contributed by atoms with Gasteiger partial charge in [0.2, 0.25) is 5.95 Å². The highest BCUT2D eigenvalue weighted by atomic mass is 15.3. The molecule has 1 saturated heterocycles. The zero-order valence-electron chi connectivity index (χ0n) is 14.5. The highest BCUT2D eigenvalue weighted by Gasteiger charge is 2.26. The van der Waals surface area contributed by atoms with Crippen LogP contribution in [0.4, 0.5) is 5.95 Å². The fourth-order valence-electron chi connectivity index (χ4n) is 3.02. The number of anilines is 1. The Balaban J connectivity index is 1.83. The number of nitrogens with zero attached hydrogens (tertiary/aromatic N) is 4. The molecule has 1 N–H and O–H groups in total. The first-order chi connectivity index (χ1) is 9.79. The summed E-state index contributed by atoms with van der Waals surface area (Å²) in [5, 5.41) is 3.70. The number of rotatable bonds is 4. The van der Waals surface area contributed by atoms with E-state index in [1.165, 1.54) is 31.6 Å². The molecule has 0 amide bonds. The maximum absolute atomic E-state index is 4.46. The van der Waals surface area contributed by atoms with E-state index in [1.54, 1.807) is 0 Å². The standard InChI is InChI=1S/C16H31N5/c1-16(2,3)21-9-7-13(8-10-21)17-11-14-12-18-15(19(4)5)20(14)6/h12-13,17H,7-11H2,1-6H3. The van der Waals surface area contributed by atoms with Crippen LogP contribution in [0, 0.1) is 0 Å². The van der Waals surface area contributed by atoms with Gasteiger partial charge in [0.15, 0.2) is 0 Å². The number of likely N-dealkylation sites (tertiary alicyclic amines) is 1. The van der Waals surface area contributed by atoms with Crippen molar-refractivity contribution >= 4 is 5.95 Å². The highest BCUT2D eigenvalue weighted by molar-refractivity contribution is 5.30. The van der Waals surface area contributed by atoms with Crippen LogP contribution in [0.1, 0.15) is 39.3 Å². The van der Waals surface area contributed by atoms with E-state index in [9.17, 15) is 0 Å². The summed E-state index contributed by atoms with van der Waals surface area (Å²) in [5.74, 6) is 1.01. The Kier molecular flexibility index (Phi) is 4.94. The SMILES string of the molecule is CN(C)c1ncc(CNC2CCN(C(C)(C)C)CC2)n1C. The van der Waals surface area contributed by atoms with Crippen molar-refractivity contribution in [3.05, 3.63) is 11.9 Å². The van der Waals surface area contributed by atoms with Crippen LogP contribution in [0.2, 0.25) is 0 Å². The minimum absolute atomic E-state index is 0.299. The first-order valence-corrected chi connectivity index (χ1v) is 7.95. The van der Waals surface area contributed by atoms with E-state index in [0.29, 0.717) is 11.6 Å². The van der Waals surface area contributed by atoms with E-state index in [2.05, 4.69) is 47.6 Å². The molecule has 0 radical (unpaired) electrons. The van der Waals surface area contributed by atoms with E-state index >= 15 is 0 Å². The molecule has 1 aliphatic heterocycles. The van der Waals surface area contributed by atoms with Gasteiger partial charge in [-0.1, -0.05) is 0 Å². The van der Waals surface area contributed by atoms with Crippen molar-refractivity contribution in [2.24, 2.45) is 7.05 Å². The van der Waals surface area contributed by atoms with Crippen LogP contribution in [-0.4, -0.2) is 53.2 Å². The van der Waals surface area contributed by atoms with E-state index in [-0.39, 0.29) is 0 Å². The van der Waals surface area contributed by atoms with Gasteiger partial charge in [0.1, 0.15) is 0 Å². The molecular formula is C16H31N5. The van der Waals surface area contributed by atoms with Crippen molar-refractivity contribution in [1.82, 2.24) is 19.8 Å². The van der Waals surface area contributed by atoms with Gasteiger partial charge in [0.05, 0.1) is 11.9 Å². The summed E-state index contributed by atoms with van der Waals surface area (Å²) in [5.41, 5.74) is 1.55. The van der Waals surface area contributed by atoms with Crippen LogP contribution in [0.5, 0.6) is 0 Å². The molecule has 2 rings (SSSR count). The summed E-state index contributed by atoms with van der Waals surface area (Å²) in [6, 6.07) is 0.626. The lowest BCUT2D eigenvalue weighted by atomic mass is 9.98. The first-order valence-electron chi connectivity index (χ1n) is 7.95. The molecular weight excluding hydrogens is 262 g/mol. The number of hydrogen-bond acceptors (Lipinski definition) is 4. The minimum atomic E-state index is 0.299. The number of imidazole rings is 1. The maximum atomic E-state index is 4.46. The van der Waals surface area contributed by atoms with Crippen LogP contribution < -0.4 is 10.2 Å². The lowest BCUT2D eigenvalue weighted by Crippen LogP contribution is -2.49. The third-order valence-corrected chi connectivity index (χ3v) is 4.48. The predicted molar refractivity (Wildman–Crippen MR) is 88.7 cm³/mol. The molecule has 0 aromatic carbocycles. The van der Waals surface area contributed by atoms with Gasteiger partial charge in [0.25, 0.3) is 0 Å². The second-order valence-corrected chi connectivity index (χ2v) is 7.32. The van der Waals surface area contributed by atoms with Crippen molar-refractivity contribution in [2.45, 2.75) is 51.7 Å². The minimum Gasteiger partial charge on any atom is -0.348 e. The van der Waals surface area contributed by atoms with Crippen molar-refractivity contribution in [2.75, 3.05) is 32.1 Å². The van der Waals surface area contributed by atoms with E-state index in [4.69, 9.17) is 0 Å². The van der Waals surface area contributed by atoms with Gasteiger partial charge in [-0.25, -0.2) is 4.98 Å². The summed E-state index contributed by atoms with van der Waals surface area (Å²) >= 11 is 0. The van der Waals surface area contributed by atoms with Crippen molar-refractivity contribution in [1.29, 1.82) is 0 Å². The molecule has 1 fully saturated rings. The number of piperidine rings is 1. The first kappa shape index (κ1) is 16.3. The fourth-order valence-corrected chi connectivity index (χ4v) is 3.02. The van der Waals surface area contributed by atoms with Crippen molar-refractivity contribution in [3.63, 3.8) is 0 Å². The molecule has 0 bridgehead atoms. The monoisotopic (exact) mass is 293 g/mol. The summed E-state index contributed by atoms with van der Waals surface area (Å²) < 4.78 is 2.16. The van der Waals surface area contributed by atoms with Gasteiger partial charge in [0, 0.05) is 52.4 Å². The topological polar surface area (TPSA) is 36.3 Å². The summed E-state index contributed by atoms with van der Waals surface area (Å²) in [4.78, 5) is 9.09. The molecule has 0 saturated carbocycles. The van der Waals surface area contributed by atoms with Crippen LogP contribution in [0.15, 0.2) is 6.20 Å². The van der Waals surface area contributed by atoms with Crippen molar-refractivity contribution < 1.29 is 0 Å². The van der Waals surface area contributed by atoms with Gasteiger partial charge in [-0.15, -0.1) is 0 Å². The molecule has 2 heterocycles. The summed E-state index contributed by atoms with van der Waals surface area (Å²) in [6.07, 6.45) is 4.44. The van der Waals surface area contributed by atoms with Crippen LogP contribution in [0.25, 0.3) is 0 Å². The van der Waals surface area contributed by atoms with Gasteiger partial charge in [-0.3, -0.25) is 4.90 Å². The fraction of sp³-hybridized carbons (Fsp3) is 0.812. The Morgan fingerprint density at radius 2 is 1.90 bits per heavy atom. The zero-order valence-corrected chi connectivity index (χ0v) is 14.5. The quantitative estimate of drug-likeness (QED) is 0.919. The molecule has 120 valence electrons. The second kappa shape index (κ2) is 6.36. The van der Waals surface area contributed by atoms with Gasteiger partial charge < -0.3 is 14.8 Å². The molecule has 1 aromatic heterocycles. The van der Waals surface area contributed by atoms with Gasteiger partial charge in [-0.05, 0) is 33.6 Å². The third kappa shape index (κ3) is 3.98. The van der Waals surface area contributed by atoms with Gasteiger partial charge in [-0.2, -0.15) is 0 Å². The lowest BCUT2D eigenvalue weighted by Gasteiger charge is -2.41. The smallest absolute Gasteiger partial charge is 0.204 e. The summed E-state index contributed by atoms with van der Waals surface area (Å²) in [7, 11) is 6.14. The normalized spacial score (nSPS) is 18.2. The number of nitrogens with one attached hydrogen (secondary N) is 1. The number of hydrogen-bond donors (Lipinski definition) is 1. The van der Waals surface area contributed by atoms with E-state index in [0.717, 1.165) is 12.5 Å². The number of aromatic nitrogens is 2.